The maximum absolute atomic E-state index is 12.8. The van der Waals surface area contributed by atoms with Gasteiger partial charge in [-0.1, -0.05) is 256 Å². The van der Waals surface area contributed by atoms with Crippen molar-refractivity contribution < 1.29 is 28.6 Å². The van der Waals surface area contributed by atoms with Crippen LogP contribution in [0.4, 0.5) is 0 Å². The van der Waals surface area contributed by atoms with Crippen LogP contribution >= 0.6 is 0 Å². The van der Waals surface area contributed by atoms with E-state index in [0.29, 0.717) is 19.3 Å². The van der Waals surface area contributed by atoms with E-state index in [4.69, 9.17) is 14.2 Å². The highest BCUT2D eigenvalue weighted by molar-refractivity contribution is 5.71. The van der Waals surface area contributed by atoms with Crippen LogP contribution in [0, 0.1) is 0 Å². The van der Waals surface area contributed by atoms with Crippen LogP contribution in [-0.2, 0) is 28.6 Å². The predicted molar refractivity (Wildman–Crippen MR) is 275 cm³/mol. The predicted octanol–water partition coefficient (Wildman–Crippen LogP) is 18.3. The molecule has 0 aliphatic carbocycles. The molecule has 6 heteroatoms. The maximum Gasteiger partial charge on any atom is 0.306 e. The van der Waals surface area contributed by atoms with E-state index in [1.165, 1.54) is 161 Å². The van der Waals surface area contributed by atoms with Crippen LogP contribution in [0.5, 0.6) is 0 Å². The molecule has 0 aliphatic heterocycles. The van der Waals surface area contributed by atoms with E-state index in [9.17, 15) is 14.4 Å². The van der Waals surface area contributed by atoms with E-state index in [1.807, 2.05) is 0 Å². The average Bonchev–Trinajstić information content (AvgIpc) is 3.29. The molecular formula is C58H104O6. The summed E-state index contributed by atoms with van der Waals surface area (Å²) in [5.41, 5.74) is 0. The zero-order valence-corrected chi connectivity index (χ0v) is 42.6. The molecule has 0 saturated carbocycles. The zero-order valence-electron chi connectivity index (χ0n) is 42.6. The molecule has 0 bridgehead atoms. The number of unbranched alkanes of at least 4 members (excludes halogenated alkanes) is 31. The van der Waals surface area contributed by atoms with Crippen molar-refractivity contribution in [3.05, 3.63) is 48.6 Å². The Hall–Kier alpha value is -2.63. The summed E-state index contributed by atoms with van der Waals surface area (Å²) < 4.78 is 16.8. The van der Waals surface area contributed by atoms with E-state index < -0.39 is 6.10 Å². The zero-order chi connectivity index (χ0) is 46.5. The molecule has 0 aliphatic rings. The highest BCUT2D eigenvalue weighted by Gasteiger charge is 2.19. The molecule has 1 atom stereocenters. The lowest BCUT2D eigenvalue weighted by Crippen LogP contribution is -2.30. The van der Waals surface area contributed by atoms with Gasteiger partial charge in [-0.3, -0.25) is 14.4 Å². The third kappa shape index (κ3) is 50.4. The molecule has 6 nitrogen and oxygen atoms in total. The first-order valence-corrected chi connectivity index (χ1v) is 27.6. The van der Waals surface area contributed by atoms with Gasteiger partial charge in [0.25, 0.3) is 0 Å². The lowest BCUT2D eigenvalue weighted by molar-refractivity contribution is -0.167. The normalized spacial score (nSPS) is 12.4. The van der Waals surface area contributed by atoms with Crippen molar-refractivity contribution in [3.8, 4) is 0 Å². The Bertz CT molecular complexity index is 1120. The molecule has 0 aromatic carbocycles. The van der Waals surface area contributed by atoms with Crippen LogP contribution in [-0.4, -0.2) is 37.2 Å². The first kappa shape index (κ1) is 61.4. The molecule has 0 heterocycles. The summed E-state index contributed by atoms with van der Waals surface area (Å²) in [5, 5.41) is 0. The molecule has 0 saturated heterocycles. The van der Waals surface area contributed by atoms with Crippen molar-refractivity contribution in [1.29, 1.82) is 0 Å². The topological polar surface area (TPSA) is 78.9 Å². The molecule has 372 valence electrons. The molecule has 0 spiro atoms. The van der Waals surface area contributed by atoms with Gasteiger partial charge in [-0.05, 0) is 57.8 Å². The summed E-state index contributed by atoms with van der Waals surface area (Å²) in [6, 6.07) is 0. The Morgan fingerprint density at radius 3 is 0.953 bits per heavy atom. The van der Waals surface area contributed by atoms with E-state index in [1.54, 1.807) is 0 Å². The molecule has 0 aromatic rings. The van der Waals surface area contributed by atoms with Gasteiger partial charge in [0.15, 0.2) is 6.10 Å². The first-order valence-electron chi connectivity index (χ1n) is 27.6. The van der Waals surface area contributed by atoms with E-state index in [0.717, 1.165) is 77.0 Å². The molecule has 64 heavy (non-hydrogen) atoms. The number of hydrogen-bond donors (Lipinski definition) is 0. The number of carbonyl (C=O) groups excluding carboxylic acids is 3. The van der Waals surface area contributed by atoms with Gasteiger partial charge in [0.05, 0.1) is 0 Å². The molecule has 0 N–H and O–H groups in total. The molecule has 0 unspecified atom stereocenters. The smallest absolute Gasteiger partial charge is 0.306 e. The van der Waals surface area contributed by atoms with Gasteiger partial charge in [-0.25, -0.2) is 0 Å². The second-order valence-electron chi connectivity index (χ2n) is 18.5. The molecule has 0 radical (unpaired) electrons. The van der Waals surface area contributed by atoms with Crippen molar-refractivity contribution in [2.45, 2.75) is 290 Å². The van der Waals surface area contributed by atoms with Crippen molar-refractivity contribution in [2.24, 2.45) is 0 Å². The minimum Gasteiger partial charge on any atom is -0.462 e. The fourth-order valence-electron chi connectivity index (χ4n) is 7.96. The molecular weight excluding hydrogens is 793 g/mol. The second kappa shape index (κ2) is 53.0. The number of hydrogen-bond acceptors (Lipinski definition) is 6. The standard InChI is InChI=1S/C58H104O6/c1-4-7-10-13-16-19-22-25-27-28-29-30-32-33-36-39-42-45-48-51-57(60)63-54-55(53-62-56(59)50-47-44-41-38-35-24-21-18-15-12-9-6-3)64-58(61)52-49-46-43-40-37-34-31-26-23-20-17-14-11-8-5-2/h8,11,17,20,26,31,37,40,55H,4-7,9-10,12-16,18-19,21-25,27-30,32-36,38-39,41-54H2,1-3H3/b11-8-,20-17-,31-26-,40-37-/t55-/m1/s1. The summed E-state index contributed by atoms with van der Waals surface area (Å²) in [6.07, 6.45) is 63.9. The van der Waals surface area contributed by atoms with Gasteiger partial charge in [0.2, 0.25) is 0 Å². The Balaban J connectivity index is 4.35. The third-order valence-corrected chi connectivity index (χ3v) is 12.1. The molecule has 0 aromatic heterocycles. The number of carbonyl (C=O) groups is 3. The Labute approximate surface area is 397 Å². The highest BCUT2D eigenvalue weighted by Crippen LogP contribution is 2.16. The van der Waals surface area contributed by atoms with Crippen LogP contribution in [0.3, 0.4) is 0 Å². The molecule has 0 amide bonds. The SMILES string of the molecule is CC/C=C\C/C=C\C/C=C\C/C=C\CCCCC(=O)O[C@H](COC(=O)CCCCCCCCCCCCCC)COC(=O)CCCCCCCCCCCCCCCCCCCCC. The highest BCUT2D eigenvalue weighted by atomic mass is 16.6. The van der Waals surface area contributed by atoms with Gasteiger partial charge in [-0.15, -0.1) is 0 Å². The van der Waals surface area contributed by atoms with Gasteiger partial charge in [-0.2, -0.15) is 0 Å². The van der Waals surface area contributed by atoms with Gasteiger partial charge >= 0.3 is 17.9 Å². The number of ether oxygens (including phenoxy) is 3. The van der Waals surface area contributed by atoms with Crippen LogP contribution in [0.15, 0.2) is 48.6 Å². The van der Waals surface area contributed by atoms with Crippen molar-refractivity contribution >= 4 is 17.9 Å². The molecule has 0 fully saturated rings. The first-order chi connectivity index (χ1) is 31.5. The average molecular weight is 897 g/mol. The van der Waals surface area contributed by atoms with Crippen LogP contribution in [0.1, 0.15) is 284 Å². The second-order valence-corrected chi connectivity index (χ2v) is 18.5. The summed E-state index contributed by atoms with van der Waals surface area (Å²) >= 11 is 0. The minimum absolute atomic E-state index is 0.0858. The Morgan fingerprint density at radius 1 is 0.328 bits per heavy atom. The van der Waals surface area contributed by atoms with Gasteiger partial charge in [0.1, 0.15) is 13.2 Å². The van der Waals surface area contributed by atoms with Crippen molar-refractivity contribution in [3.63, 3.8) is 0 Å². The lowest BCUT2D eigenvalue weighted by atomic mass is 10.0. The number of rotatable bonds is 50. The summed E-state index contributed by atoms with van der Waals surface area (Å²) in [6.45, 7) is 6.52. The van der Waals surface area contributed by atoms with Crippen molar-refractivity contribution in [1.82, 2.24) is 0 Å². The fourth-order valence-corrected chi connectivity index (χ4v) is 7.96. The van der Waals surface area contributed by atoms with Gasteiger partial charge < -0.3 is 14.2 Å². The maximum atomic E-state index is 12.8. The van der Waals surface area contributed by atoms with Crippen LogP contribution in [0.2, 0.25) is 0 Å². The van der Waals surface area contributed by atoms with E-state index in [-0.39, 0.29) is 37.5 Å². The lowest BCUT2D eigenvalue weighted by Gasteiger charge is -2.18. The molecule has 0 rings (SSSR count). The Kier molecular flexibility index (Phi) is 50.8. The van der Waals surface area contributed by atoms with E-state index in [2.05, 4.69) is 69.4 Å². The fraction of sp³-hybridized carbons (Fsp3) is 0.810. The summed E-state index contributed by atoms with van der Waals surface area (Å²) in [4.78, 5) is 38.0. The van der Waals surface area contributed by atoms with Crippen molar-refractivity contribution in [2.75, 3.05) is 13.2 Å². The van der Waals surface area contributed by atoms with E-state index >= 15 is 0 Å². The van der Waals surface area contributed by atoms with Crippen LogP contribution in [0.25, 0.3) is 0 Å². The summed E-state index contributed by atoms with van der Waals surface area (Å²) in [5.74, 6) is -0.915. The number of esters is 3. The van der Waals surface area contributed by atoms with Crippen LogP contribution < -0.4 is 0 Å². The monoisotopic (exact) mass is 897 g/mol. The number of allylic oxidation sites excluding steroid dienone is 8. The third-order valence-electron chi connectivity index (χ3n) is 12.1. The Morgan fingerprint density at radius 2 is 0.609 bits per heavy atom. The quantitative estimate of drug-likeness (QED) is 0.0262. The van der Waals surface area contributed by atoms with Gasteiger partial charge in [0, 0.05) is 19.3 Å². The minimum atomic E-state index is -0.790. The summed E-state index contributed by atoms with van der Waals surface area (Å²) in [7, 11) is 0. The largest absolute Gasteiger partial charge is 0.462 e.